The van der Waals surface area contributed by atoms with Crippen molar-refractivity contribution in [1.29, 1.82) is 5.26 Å². The van der Waals surface area contributed by atoms with Crippen LogP contribution in [0.5, 0.6) is 0 Å². The monoisotopic (exact) mass is 237 g/mol. The van der Waals surface area contributed by atoms with Gasteiger partial charge in [-0.25, -0.2) is 0 Å². The summed E-state index contributed by atoms with van der Waals surface area (Å²) in [5, 5.41) is 8.76. The zero-order chi connectivity index (χ0) is 13.0. The Bertz CT molecular complexity index is 645. The zero-order valence-corrected chi connectivity index (χ0v) is 9.88. The van der Waals surface area contributed by atoms with E-state index in [1.165, 1.54) is 6.08 Å². The second-order valence-electron chi connectivity index (χ2n) is 3.85. The predicted molar refractivity (Wildman–Crippen MR) is 68.0 cm³/mol. The van der Waals surface area contributed by atoms with E-state index in [9.17, 15) is 4.79 Å². The predicted octanol–water partition coefficient (Wildman–Crippen LogP) is 3.36. The van der Waals surface area contributed by atoms with E-state index in [-0.39, 0.29) is 5.78 Å². The number of carbonyl (C=O) groups excluding carboxylic acids is 1. The average Bonchev–Trinajstić information content (AvgIpc) is 2.83. The Morgan fingerprint density at radius 1 is 1.33 bits per heavy atom. The minimum atomic E-state index is -0.189. The molecule has 0 aliphatic rings. The number of benzene rings is 1. The summed E-state index contributed by atoms with van der Waals surface area (Å²) in [6.07, 6.45) is 3.11. The molecule has 0 fully saturated rings. The van der Waals surface area contributed by atoms with Crippen molar-refractivity contribution < 1.29 is 9.21 Å². The number of aryl methyl sites for hydroxylation is 1. The molecular formula is C15H11NO2. The molecule has 3 nitrogen and oxygen atoms in total. The normalized spacial score (nSPS) is 10.4. The molecule has 1 aromatic heterocycles. The van der Waals surface area contributed by atoms with Crippen LogP contribution in [0.3, 0.4) is 0 Å². The Morgan fingerprint density at radius 2 is 2.17 bits per heavy atom. The maximum absolute atomic E-state index is 11.7. The fourth-order valence-corrected chi connectivity index (χ4v) is 1.53. The van der Waals surface area contributed by atoms with E-state index in [4.69, 9.17) is 9.68 Å². The maximum atomic E-state index is 11.7. The summed E-state index contributed by atoms with van der Waals surface area (Å²) in [6, 6.07) is 12.5. The Morgan fingerprint density at radius 3 is 2.83 bits per heavy atom. The third-order valence-corrected chi connectivity index (χ3v) is 2.43. The summed E-state index contributed by atoms with van der Waals surface area (Å²) in [5.74, 6) is 0.837. The summed E-state index contributed by atoms with van der Waals surface area (Å²) < 4.78 is 5.23. The molecule has 1 aromatic carbocycles. The Labute approximate surface area is 105 Å². The smallest absolute Gasteiger partial charge is 0.221 e. The van der Waals surface area contributed by atoms with Crippen LogP contribution in [-0.4, -0.2) is 5.78 Å². The number of carbonyl (C=O) groups is 1. The van der Waals surface area contributed by atoms with Crippen LogP contribution >= 0.6 is 0 Å². The van der Waals surface area contributed by atoms with E-state index in [2.05, 4.69) is 6.07 Å². The Kier molecular flexibility index (Phi) is 3.40. The highest BCUT2D eigenvalue weighted by Gasteiger charge is 2.05. The minimum absolute atomic E-state index is 0.189. The summed E-state index contributed by atoms with van der Waals surface area (Å²) in [5.41, 5.74) is 1.38. The molecule has 0 unspecified atom stereocenters. The van der Waals surface area contributed by atoms with Crippen molar-refractivity contribution in [2.45, 2.75) is 6.92 Å². The number of hydrogen-bond acceptors (Lipinski definition) is 3. The molecule has 3 heteroatoms. The van der Waals surface area contributed by atoms with Gasteiger partial charge in [-0.3, -0.25) is 4.79 Å². The van der Waals surface area contributed by atoms with Crippen LogP contribution in [0.25, 0.3) is 6.08 Å². The highest BCUT2D eigenvalue weighted by atomic mass is 16.3. The topological polar surface area (TPSA) is 54.0 Å². The van der Waals surface area contributed by atoms with Crippen molar-refractivity contribution >= 4 is 11.9 Å². The van der Waals surface area contributed by atoms with Gasteiger partial charge in [0.15, 0.2) is 5.76 Å². The van der Waals surface area contributed by atoms with Crippen molar-refractivity contribution in [3.05, 3.63) is 65.1 Å². The van der Waals surface area contributed by atoms with Gasteiger partial charge in [0.2, 0.25) is 5.78 Å². The second-order valence-corrected chi connectivity index (χ2v) is 3.85. The fraction of sp³-hybridized carbons (Fsp3) is 0.0667. The van der Waals surface area contributed by atoms with Gasteiger partial charge in [0, 0.05) is 0 Å². The van der Waals surface area contributed by atoms with Crippen molar-refractivity contribution in [1.82, 2.24) is 0 Å². The van der Waals surface area contributed by atoms with Crippen LogP contribution < -0.4 is 0 Å². The average molecular weight is 237 g/mol. The molecule has 0 saturated carbocycles. The number of ketones is 1. The van der Waals surface area contributed by atoms with Gasteiger partial charge < -0.3 is 4.42 Å². The molecule has 0 saturated heterocycles. The molecule has 0 amide bonds. The van der Waals surface area contributed by atoms with Crippen molar-refractivity contribution in [2.75, 3.05) is 0 Å². The van der Waals surface area contributed by atoms with Gasteiger partial charge in [-0.15, -0.1) is 0 Å². The van der Waals surface area contributed by atoms with Gasteiger partial charge >= 0.3 is 0 Å². The first kappa shape index (κ1) is 11.9. The number of rotatable bonds is 3. The van der Waals surface area contributed by atoms with Crippen molar-refractivity contribution in [3.63, 3.8) is 0 Å². The quantitative estimate of drug-likeness (QED) is 0.607. The number of furan rings is 1. The van der Waals surface area contributed by atoms with Gasteiger partial charge in [0.1, 0.15) is 5.76 Å². The van der Waals surface area contributed by atoms with Gasteiger partial charge in [-0.1, -0.05) is 18.2 Å². The molecule has 0 radical (unpaired) electrons. The zero-order valence-electron chi connectivity index (χ0n) is 9.88. The summed E-state index contributed by atoms with van der Waals surface area (Å²) in [4.78, 5) is 11.7. The molecule has 0 N–H and O–H groups in total. The van der Waals surface area contributed by atoms with Crippen LogP contribution in [0.4, 0.5) is 0 Å². The van der Waals surface area contributed by atoms with Crippen LogP contribution in [-0.2, 0) is 0 Å². The lowest BCUT2D eigenvalue weighted by Gasteiger charge is -1.93. The standard InChI is InChI=1S/C15H11NO2/c1-11-5-8-15(18-11)14(17)7-6-12-3-2-4-13(9-12)10-16/h2-9H,1H3. The lowest BCUT2D eigenvalue weighted by Crippen LogP contribution is -1.90. The van der Waals surface area contributed by atoms with E-state index in [0.717, 1.165) is 5.56 Å². The SMILES string of the molecule is Cc1ccc(C(=O)C=Cc2cccc(C#N)c2)o1. The minimum Gasteiger partial charge on any atom is -0.458 e. The Hall–Kier alpha value is -2.60. The maximum Gasteiger partial charge on any atom is 0.221 e. The van der Waals surface area contributed by atoms with E-state index in [0.29, 0.717) is 17.1 Å². The van der Waals surface area contributed by atoms with E-state index >= 15 is 0 Å². The molecular weight excluding hydrogens is 226 g/mol. The van der Waals surface area contributed by atoms with Crippen LogP contribution in [0, 0.1) is 18.3 Å². The first-order chi connectivity index (χ1) is 8.69. The largest absolute Gasteiger partial charge is 0.458 e. The van der Waals surface area contributed by atoms with Crippen LogP contribution in [0.2, 0.25) is 0 Å². The lowest BCUT2D eigenvalue weighted by atomic mass is 10.1. The summed E-state index contributed by atoms with van der Waals surface area (Å²) >= 11 is 0. The molecule has 0 spiro atoms. The number of nitriles is 1. The highest BCUT2D eigenvalue weighted by molar-refractivity contribution is 6.04. The molecule has 2 rings (SSSR count). The van der Waals surface area contributed by atoms with E-state index in [1.54, 1.807) is 43.3 Å². The molecule has 18 heavy (non-hydrogen) atoms. The van der Waals surface area contributed by atoms with E-state index < -0.39 is 0 Å². The fourth-order valence-electron chi connectivity index (χ4n) is 1.53. The molecule has 2 aromatic rings. The van der Waals surface area contributed by atoms with E-state index in [1.807, 2.05) is 6.07 Å². The third kappa shape index (κ3) is 2.74. The molecule has 0 aliphatic carbocycles. The number of allylic oxidation sites excluding steroid dienone is 1. The highest BCUT2D eigenvalue weighted by Crippen LogP contribution is 2.10. The molecule has 0 bridgehead atoms. The number of hydrogen-bond donors (Lipinski definition) is 0. The first-order valence-corrected chi connectivity index (χ1v) is 5.48. The molecule has 0 aliphatic heterocycles. The third-order valence-electron chi connectivity index (χ3n) is 2.43. The van der Waals surface area contributed by atoms with Gasteiger partial charge in [-0.2, -0.15) is 5.26 Å². The first-order valence-electron chi connectivity index (χ1n) is 5.48. The van der Waals surface area contributed by atoms with Gasteiger partial charge in [0.25, 0.3) is 0 Å². The molecule has 88 valence electrons. The van der Waals surface area contributed by atoms with Crippen LogP contribution in [0.15, 0.2) is 46.9 Å². The summed E-state index contributed by atoms with van der Waals surface area (Å²) in [6.45, 7) is 1.79. The second kappa shape index (κ2) is 5.15. The van der Waals surface area contributed by atoms with Crippen molar-refractivity contribution in [3.8, 4) is 6.07 Å². The lowest BCUT2D eigenvalue weighted by molar-refractivity contribution is 0.102. The number of nitrogens with zero attached hydrogens (tertiary/aromatic N) is 1. The van der Waals surface area contributed by atoms with Crippen LogP contribution in [0.1, 0.15) is 27.4 Å². The van der Waals surface area contributed by atoms with Gasteiger partial charge in [0.05, 0.1) is 11.6 Å². The van der Waals surface area contributed by atoms with Gasteiger partial charge in [-0.05, 0) is 42.8 Å². The Balaban J connectivity index is 2.16. The molecule has 0 atom stereocenters. The van der Waals surface area contributed by atoms with Crippen molar-refractivity contribution in [2.24, 2.45) is 0 Å². The molecule has 1 heterocycles. The summed E-state index contributed by atoms with van der Waals surface area (Å²) in [7, 11) is 0.